The zero-order valence-corrected chi connectivity index (χ0v) is 16.0. The third kappa shape index (κ3) is 3.79. The highest BCUT2D eigenvalue weighted by molar-refractivity contribution is 9.10. The highest BCUT2D eigenvalue weighted by atomic mass is 79.9. The minimum absolute atomic E-state index is 0.0428. The second-order valence-corrected chi connectivity index (χ2v) is 8.16. The van der Waals surface area contributed by atoms with Gasteiger partial charge in [0, 0.05) is 21.4 Å². The molecule has 6 nitrogen and oxygen atoms in total. The number of benzene rings is 1. The van der Waals surface area contributed by atoms with Gasteiger partial charge in [0.1, 0.15) is 5.52 Å². The van der Waals surface area contributed by atoms with Gasteiger partial charge >= 0.3 is 0 Å². The Balaban J connectivity index is 1.44. The molecule has 0 bridgehead atoms. The number of nitrogens with zero attached hydrogens (tertiary/aromatic N) is 3. The van der Waals surface area contributed by atoms with Crippen LogP contribution in [-0.2, 0) is 4.79 Å². The van der Waals surface area contributed by atoms with E-state index in [1.807, 2.05) is 18.2 Å². The first-order valence-corrected chi connectivity index (χ1v) is 10.2. The van der Waals surface area contributed by atoms with Gasteiger partial charge in [0.25, 0.3) is 0 Å². The third-order valence-corrected chi connectivity index (χ3v) is 5.79. The molecule has 25 heavy (non-hydrogen) atoms. The average molecular weight is 420 g/mol. The molecule has 1 amide bonds. The summed E-state index contributed by atoms with van der Waals surface area (Å²) in [5.41, 5.74) is 2.41. The predicted octanol–water partition coefficient (Wildman–Crippen LogP) is 3.81. The molecular formula is C17H18BrN5OS. The number of aromatic nitrogens is 4. The van der Waals surface area contributed by atoms with Gasteiger partial charge in [-0.25, -0.2) is 4.98 Å². The lowest BCUT2D eigenvalue weighted by Gasteiger charge is -2.22. The Morgan fingerprint density at radius 1 is 1.28 bits per heavy atom. The molecule has 0 unspecified atom stereocenters. The van der Waals surface area contributed by atoms with E-state index >= 15 is 0 Å². The second-order valence-electron chi connectivity index (χ2n) is 6.30. The molecule has 0 atom stereocenters. The molecule has 1 aromatic carbocycles. The van der Waals surface area contributed by atoms with Crippen LogP contribution in [0.3, 0.4) is 0 Å². The fourth-order valence-electron chi connectivity index (χ4n) is 3.24. The quantitative estimate of drug-likeness (QED) is 0.628. The van der Waals surface area contributed by atoms with Crippen LogP contribution in [-0.4, -0.2) is 37.9 Å². The van der Waals surface area contributed by atoms with Crippen LogP contribution in [0.25, 0.3) is 22.1 Å². The minimum Gasteiger partial charge on any atom is -0.353 e. The summed E-state index contributed by atoms with van der Waals surface area (Å²) in [5.74, 6) is 0.358. The van der Waals surface area contributed by atoms with Crippen LogP contribution in [0.4, 0.5) is 0 Å². The first-order chi connectivity index (χ1) is 12.2. The van der Waals surface area contributed by atoms with Crippen molar-refractivity contribution in [1.82, 2.24) is 25.5 Å². The van der Waals surface area contributed by atoms with Crippen LogP contribution in [0.1, 0.15) is 32.1 Å². The van der Waals surface area contributed by atoms with Gasteiger partial charge in [0.2, 0.25) is 11.1 Å². The predicted molar refractivity (Wildman–Crippen MR) is 103 cm³/mol. The van der Waals surface area contributed by atoms with Crippen molar-refractivity contribution in [3.8, 4) is 0 Å². The maximum absolute atomic E-state index is 12.1. The Bertz CT molecular complexity index is 922. The Hall–Kier alpha value is -1.67. The lowest BCUT2D eigenvalue weighted by atomic mass is 9.95. The molecule has 0 spiro atoms. The number of rotatable bonds is 4. The molecular weight excluding hydrogens is 402 g/mol. The zero-order chi connectivity index (χ0) is 17.2. The maximum atomic E-state index is 12.1. The molecule has 3 aromatic rings. The smallest absolute Gasteiger partial charge is 0.230 e. The van der Waals surface area contributed by atoms with Crippen LogP contribution in [0.2, 0.25) is 0 Å². The van der Waals surface area contributed by atoms with E-state index in [0.29, 0.717) is 22.6 Å². The lowest BCUT2D eigenvalue weighted by Crippen LogP contribution is -2.37. The van der Waals surface area contributed by atoms with Gasteiger partial charge in [0.15, 0.2) is 5.65 Å². The van der Waals surface area contributed by atoms with Gasteiger partial charge < -0.3 is 10.3 Å². The molecule has 1 saturated carbocycles. The summed E-state index contributed by atoms with van der Waals surface area (Å²) in [5, 5.41) is 13.0. The number of nitrogens with one attached hydrogen (secondary N) is 2. The third-order valence-electron chi connectivity index (χ3n) is 4.46. The van der Waals surface area contributed by atoms with E-state index in [9.17, 15) is 4.79 Å². The fraction of sp³-hybridized carbons (Fsp3) is 0.412. The maximum Gasteiger partial charge on any atom is 0.230 e. The van der Waals surface area contributed by atoms with E-state index in [1.165, 1.54) is 31.0 Å². The fourth-order valence-corrected chi connectivity index (χ4v) is 4.20. The molecule has 0 aliphatic heterocycles. The molecule has 2 N–H and O–H groups in total. The summed E-state index contributed by atoms with van der Waals surface area (Å²) in [6, 6.07) is 6.27. The minimum atomic E-state index is 0.0428. The average Bonchev–Trinajstić information content (AvgIpc) is 2.98. The number of hydrogen-bond donors (Lipinski definition) is 2. The van der Waals surface area contributed by atoms with Gasteiger partial charge in [-0.15, -0.1) is 10.2 Å². The number of aromatic amines is 1. The molecule has 1 fully saturated rings. The summed E-state index contributed by atoms with van der Waals surface area (Å²) in [6.07, 6.45) is 5.87. The Morgan fingerprint density at radius 2 is 2.12 bits per heavy atom. The van der Waals surface area contributed by atoms with Crippen molar-refractivity contribution in [3.05, 3.63) is 22.7 Å². The number of H-pyrrole nitrogens is 1. The van der Waals surface area contributed by atoms with Crippen molar-refractivity contribution < 1.29 is 4.79 Å². The Labute approximate surface area is 157 Å². The van der Waals surface area contributed by atoms with Crippen molar-refractivity contribution in [1.29, 1.82) is 0 Å². The Kier molecular flexibility index (Phi) is 4.89. The summed E-state index contributed by atoms with van der Waals surface area (Å²) < 4.78 is 0.987. The van der Waals surface area contributed by atoms with Crippen LogP contribution in [0.5, 0.6) is 0 Å². The van der Waals surface area contributed by atoms with Crippen molar-refractivity contribution in [2.24, 2.45) is 0 Å². The summed E-state index contributed by atoms with van der Waals surface area (Å²) in [6.45, 7) is 0. The number of fused-ring (bicyclic) bond motifs is 3. The first kappa shape index (κ1) is 16.8. The van der Waals surface area contributed by atoms with Crippen molar-refractivity contribution in [2.75, 3.05) is 5.75 Å². The summed E-state index contributed by atoms with van der Waals surface area (Å²) in [7, 11) is 0. The van der Waals surface area contributed by atoms with Crippen molar-refractivity contribution in [3.63, 3.8) is 0 Å². The zero-order valence-electron chi connectivity index (χ0n) is 13.6. The first-order valence-electron chi connectivity index (χ1n) is 8.43. The van der Waals surface area contributed by atoms with E-state index in [0.717, 1.165) is 33.7 Å². The van der Waals surface area contributed by atoms with Gasteiger partial charge in [-0.3, -0.25) is 4.79 Å². The standard InChI is InChI=1S/C17H18BrN5OS/c18-10-6-7-13-12(8-10)15-16(20-13)21-17(23-22-15)25-9-14(24)19-11-4-2-1-3-5-11/h6-8,11H,1-5,9H2,(H,19,24)(H,20,21,23). The molecule has 1 aliphatic rings. The number of thioether (sulfide) groups is 1. The highest BCUT2D eigenvalue weighted by Crippen LogP contribution is 2.26. The normalized spacial score (nSPS) is 15.7. The summed E-state index contributed by atoms with van der Waals surface area (Å²) >= 11 is 4.79. The molecule has 0 saturated heterocycles. The van der Waals surface area contributed by atoms with Crippen LogP contribution >= 0.6 is 27.7 Å². The number of carbonyl (C=O) groups is 1. The summed E-state index contributed by atoms with van der Waals surface area (Å²) in [4.78, 5) is 19.9. The largest absolute Gasteiger partial charge is 0.353 e. The molecule has 4 rings (SSSR count). The van der Waals surface area contributed by atoms with Gasteiger partial charge in [-0.1, -0.05) is 47.0 Å². The monoisotopic (exact) mass is 419 g/mol. The molecule has 130 valence electrons. The number of amides is 1. The molecule has 2 heterocycles. The SMILES string of the molecule is O=C(CSc1nnc2c(n1)[nH]c1ccc(Br)cc12)NC1CCCCC1. The van der Waals surface area contributed by atoms with Crippen LogP contribution < -0.4 is 5.32 Å². The van der Waals surface area contributed by atoms with E-state index in [-0.39, 0.29) is 5.91 Å². The highest BCUT2D eigenvalue weighted by Gasteiger charge is 2.16. The molecule has 1 aliphatic carbocycles. The van der Waals surface area contributed by atoms with E-state index in [2.05, 4.69) is 41.4 Å². The van der Waals surface area contributed by atoms with Crippen LogP contribution in [0, 0.1) is 0 Å². The van der Waals surface area contributed by atoms with Gasteiger partial charge in [-0.2, -0.15) is 0 Å². The van der Waals surface area contributed by atoms with E-state index < -0.39 is 0 Å². The van der Waals surface area contributed by atoms with Crippen molar-refractivity contribution >= 4 is 55.7 Å². The van der Waals surface area contributed by atoms with E-state index in [1.54, 1.807) is 0 Å². The number of carbonyl (C=O) groups excluding carboxylic acids is 1. The second kappa shape index (κ2) is 7.29. The molecule has 8 heteroatoms. The van der Waals surface area contributed by atoms with Crippen LogP contribution in [0.15, 0.2) is 27.8 Å². The Morgan fingerprint density at radius 3 is 2.96 bits per heavy atom. The molecule has 0 radical (unpaired) electrons. The number of halogens is 1. The van der Waals surface area contributed by atoms with E-state index in [4.69, 9.17) is 0 Å². The topological polar surface area (TPSA) is 83.6 Å². The molecule has 2 aromatic heterocycles. The lowest BCUT2D eigenvalue weighted by molar-refractivity contribution is -0.119. The van der Waals surface area contributed by atoms with Crippen molar-refractivity contribution in [2.45, 2.75) is 43.3 Å². The number of hydrogen-bond acceptors (Lipinski definition) is 5. The van der Waals surface area contributed by atoms with Gasteiger partial charge in [-0.05, 0) is 31.0 Å². The van der Waals surface area contributed by atoms with Gasteiger partial charge in [0.05, 0.1) is 5.75 Å².